The van der Waals surface area contributed by atoms with Gasteiger partial charge in [0.1, 0.15) is 17.1 Å². The fourth-order valence-corrected chi connectivity index (χ4v) is 3.16. The SMILES string of the molecule is COCc1nc(N2CC(OC)C(OC)C2)sc1C(=O)O. The molecule has 1 aliphatic heterocycles. The van der Waals surface area contributed by atoms with Gasteiger partial charge in [-0.25, -0.2) is 9.78 Å². The van der Waals surface area contributed by atoms with E-state index in [4.69, 9.17) is 14.2 Å². The Bertz CT molecular complexity index is 466. The molecule has 7 nitrogen and oxygen atoms in total. The molecular weight excluding hydrogens is 284 g/mol. The lowest BCUT2D eigenvalue weighted by Crippen LogP contribution is -2.27. The van der Waals surface area contributed by atoms with Crippen LogP contribution in [0.4, 0.5) is 5.13 Å². The molecule has 1 aromatic rings. The molecule has 2 rings (SSSR count). The Balaban J connectivity index is 2.21. The number of aromatic carboxylic acids is 1. The largest absolute Gasteiger partial charge is 0.477 e. The van der Waals surface area contributed by atoms with Crippen molar-refractivity contribution in [1.29, 1.82) is 0 Å². The summed E-state index contributed by atoms with van der Waals surface area (Å²) in [5.74, 6) is -0.980. The Morgan fingerprint density at radius 2 is 1.95 bits per heavy atom. The fraction of sp³-hybridized carbons (Fsp3) is 0.667. The maximum absolute atomic E-state index is 11.2. The molecule has 0 aromatic carbocycles. The fourth-order valence-electron chi connectivity index (χ4n) is 2.23. The highest BCUT2D eigenvalue weighted by Gasteiger charge is 2.35. The van der Waals surface area contributed by atoms with Gasteiger partial charge < -0.3 is 24.2 Å². The van der Waals surface area contributed by atoms with Crippen molar-refractivity contribution < 1.29 is 24.1 Å². The highest BCUT2D eigenvalue weighted by molar-refractivity contribution is 7.17. The number of anilines is 1. The first-order valence-corrected chi connectivity index (χ1v) is 6.94. The monoisotopic (exact) mass is 302 g/mol. The van der Waals surface area contributed by atoms with E-state index in [0.29, 0.717) is 23.9 Å². The van der Waals surface area contributed by atoms with E-state index < -0.39 is 5.97 Å². The lowest BCUT2D eigenvalue weighted by atomic mass is 10.3. The summed E-state index contributed by atoms with van der Waals surface area (Å²) in [7, 11) is 4.80. The first kappa shape index (κ1) is 15.2. The number of carboxylic acid groups (broad SMARTS) is 1. The summed E-state index contributed by atoms with van der Waals surface area (Å²) in [5, 5.41) is 9.85. The van der Waals surface area contributed by atoms with Crippen molar-refractivity contribution in [1.82, 2.24) is 4.98 Å². The minimum atomic E-state index is -0.980. The first-order chi connectivity index (χ1) is 9.60. The molecule has 1 fully saturated rings. The number of ether oxygens (including phenoxy) is 3. The van der Waals surface area contributed by atoms with Crippen molar-refractivity contribution in [2.24, 2.45) is 0 Å². The van der Waals surface area contributed by atoms with Crippen LogP contribution in [0.25, 0.3) is 0 Å². The number of carbonyl (C=O) groups is 1. The van der Waals surface area contributed by atoms with Crippen molar-refractivity contribution in [3.05, 3.63) is 10.6 Å². The number of aromatic nitrogens is 1. The Morgan fingerprint density at radius 1 is 1.35 bits per heavy atom. The number of carboxylic acids is 1. The minimum Gasteiger partial charge on any atom is -0.477 e. The van der Waals surface area contributed by atoms with E-state index in [-0.39, 0.29) is 23.7 Å². The van der Waals surface area contributed by atoms with Gasteiger partial charge in [-0.05, 0) is 0 Å². The number of rotatable bonds is 6. The predicted octanol–water partition coefficient (Wildman–Crippen LogP) is 0.838. The third kappa shape index (κ3) is 2.93. The number of hydrogen-bond donors (Lipinski definition) is 1. The maximum atomic E-state index is 11.2. The molecule has 2 heterocycles. The maximum Gasteiger partial charge on any atom is 0.347 e. The van der Waals surface area contributed by atoms with Gasteiger partial charge in [0.25, 0.3) is 0 Å². The molecule has 0 bridgehead atoms. The minimum absolute atomic E-state index is 0.0388. The zero-order chi connectivity index (χ0) is 14.7. The third-order valence-electron chi connectivity index (χ3n) is 3.25. The van der Waals surface area contributed by atoms with Crippen LogP contribution in [0.1, 0.15) is 15.4 Å². The second-order valence-corrected chi connectivity index (χ2v) is 5.44. The standard InChI is InChI=1S/C12H18N2O5S/c1-17-6-7-10(11(15)16)20-12(13-7)14-4-8(18-2)9(5-14)19-3/h8-9H,4-6H2,1-3H3,(H,15,16). The van der Waals surface area contributed by atoms with Gasteiger partial charge in [0, 0.05) is 34.4 Å². The molecular formula is C12H18N2O5S. The average Bonchev–Trinajstić information content (AvgIpc) is 3.02. The predicted molar refractivity (Wildman–Crippen MR) is 73.6 cm³/mol. The Morgan fingerprint density at radius 3 is 2.40 bits per heavy atom. The zero-order valence-corrected chi connectivity index (χ0v) is 12.5. The first-order valence-electron chi connectivity index (χ1n) is 6.13. The molecule has 8 heteroatoms. The van der Waals surface area contributed by atoms with Crippen molar-refractivity contribution in [2.45, 2.75) is 18.8 Å². The van der Waals surface area contributed by atoms with Crippen LogP contribution in [-0.4, -0.2) is 62.7 Å². The third-order valence-corrected chi connectivity index (χ3v) is 4.40. The lowest BCUT2D eigenvalue weighted by molar-refractivity contribution is -0.00461. The topological polar surface area (TPSA) is 81.1 Å². The summed E-state index contributed by atoms with van der Waals surface area (Å²) < 4.78 is 15.7. The summed E-state index contributed by atoms with van der Waals surface area (Å²) in [6, 6.07) is 0. The summed E-state index contributed by atoms with van der Waals surface area (Å²) in [6.45, 7) is 1.45. The Kier molecular flexibility index (Phi) is 4.92. The van der Waals surface area contributed by atoms with Gasteiger partial charge in [0.2, 0.25) is 0 Å². The van der Waals surface area contributed by atoms with E-state index in [2.05, 4.69) is 4.98 Å². The number of nitrogens with zero attached hydrogens (tertiary/aromatic N) is 2. The molecule has 0 radical (unpaired) electrons. The van der Waals surface area contributed by atoms with Gasteiger partial charge in [-0.1, -0.05) is 11.3 Å². The van der Waals surface area contributed by atoms with Gasteiger partial charge in [-0.2, -0.15) is 0 Å². The zero-order valence-electron chi connectivity index (χ0n) is 11.7. The Hall–Kier alpha value is -1.22. The van der Waals surface area contributed by atoms with Crippen molar-refractivity contribution in [2.75, 3.05) is 39.3 Å². The molecule has 0 saturated carbocycles. The molecule has 1 aliphatic rings. The normalized spacial score (nSPS) is 22.4. The van der Waals surface area contributed by atoms with Crippen LogP contribution in [0.15, 0.2) is 0 Å². The highest BCUT2D eigenvalue weighted by atomic mass is 32.1. The molecule has 2 unspecified atom stereocenters. The summed E-state index contributed by atoms with van der Waals surface area (Å²) >= 11 is 1.15. The molecule has 2 atom stereocenters. The lowest BCUT2D eigenvalue weighted by Gasteiger charge is -2.13. The summed E-state index contributed by atoms with van der Waals surface area (Å²) in [5.41, 5.74) is 0.454. The molecule has 0 aliphatic carbocycles. The van der Waals surface area contributed by atoms with Gasteiger partial charge >= 0.3 is 5.97 Å². The highest BCUT2D eigenvalue weighted by Crippen LogP contribution is 2.30. The van der Waals surface area contributed by atoms with Crippen LogP contribution in [0.3, 0.4) is 0 Å². The molecule has 0 amide bonds. The molecule has 1 saturated heterocycles. The molecule has 20 heavy (non-hydrogen) atoms. The molecule has 1 N–H and O–H groups in total. The van der Waals surface area contributed by atoms with E-state index >= 15 is 0 Å². The van der Waals surface area contributed by atoms with Crippen LogP contribution >= 0.6 is 11.3 Å². The van der Waals surface area contributed by atoms with Crippen LogP contribution in [0, 0.1) is 0 Å². The quantitative estimate of drug-likeness (QED) is 0.833. The molecule has 1 aromatic heterocycles. The second-order valence-electron chi connectivity index (χ2n) is 4.46. The average molecular weight is 302 g/mol. The van der Waals surface area contributed by atoms with E-state index in [1.54, 1.807) is 14.2 Å². The van der Waals surface area contributed by atoms with Crippen LogP contribution in [0.5, 0.6) is 0 Å². The second kappa shape index (κ2) is 6.49. The Labute approximate surface area is 121 Å². The smallest absolute Gasteiger partial charge is 0.347 e. The van der Waals surface area contributed by atoms with E-state index in [1.807, 2.05) is 4.90 Å². The van der Waals surface area contributed by atoms with Gasteiger partial charge in [-0.3, -0.25) is 0 Å². The number of methoxy groups -OCH3 is 3. The van der Waals surface area contributed by atoms with Crippen molar-refractivity contribution in [3.63, 3.8) is 0 Å². The van der Waals surface area contributed by atoms with E-state index in [9.17, 15) is 9.90 Å². The van der Waals surface area contributed by atoms with Crippen LogP contribution < -0.4 is 4.90 Å². The summed E-state index contributed by atoms with van der Waals surface area (Å²) in [6.07, 6.45) is -0.0777. The van der Waals surface area contributed by atoms with E-state index in [1.165, 1.54) is 7.11 Å². The number of hydrogen-bond acceptors (Lipinski definition) is 7. The van der Waals surface area contributed by atoms with Crippen LogP contribution in [-0.2, 0) is 20.8 Å². The van der Waals surface area contributed by atoms with Gasteiger partial charge in [0.05, 0.1) is 12.3 Å². The molecule has 0 spiro atoms. The van der Waals surface area contributed by atoms with Gasteiger partial charge in [0.15, 0.2) is 5.13 Å². The van der Waals surface area contributed by atoms with E-state index in [0.717, 1.165) is 11.3 Å². The summed E-state index contributed by atoms with van der Waals surface area (Å²) in [4.78, 5) is 17.8. The van der Waals surface area contributed by atoms with Crippen molar-refractivity contribution >= 4 is 22.4 Å². The van der Waals surface area contributed by atoms with Crippen molar-refractivity contribution in [3.8, 4) is 0 Å². The van der Waals surface area contributed by atoms with Gasteiger partial charge in [-0.15, -0.1) is 0 Å². The molecule has 112 valence electrons. The van der Waals surface area contributed by atoms with Crippen LogP contribution in [0.2, 0.25) is 0 Å². The number of thiazole rings is 1.